The number of hydrogen-bond donors (Lipinski definition) is 2. The number of anilines is 1. The molecule has 2 N–H and O–H groups in total. The quantitative estimate of drug-likeness (QED) is 0.858. The summed E-state index contributed by atoms with van der Waals surface area (Å²) >= 11 is 0. The second kappa shape index (κ2) is 6.02. The third kappa shape index (κ3) is 2.77. The molecule has 2 aliphatic heterocycles. The Morgan fingerprint density at radius 3 is 2.57 bits per heavy atom. The van der Waals surface area contributed by atoms with E-state index in [0.717, 1.165) is 56.3 Å². The zero-order valence-electron chi connectivity index (χ0n) is 13.7. The number of piperazine rings is 1. The summed E-state index contributed by atoms with van der Waals surface area (Å²) in [5.74, 6) is 0. The lowest BCUT2D eigenvalue weighted by Crippen LogP contribution is -2.52. The maximum atomic E-state index is 11.7. The number of H-pyrrole nitrogens is 1. The minimum absolute atomic E-state index is 0.0483. The molecule has 0 aliphatic carbocycles. The van der Waals surface area contributed by atoms with Crippen LogP contribution in [0.4, 0.5) is 5.69 Å². The zero-order chi connectivity index (χ0) is 15.8. The highest BCUT2D eigenvalue weighted by atomic mass is 16.1. The van der Waals surface area contributed by atoms with Crippen molar-refractivity contribution in [3.63, 3.8) is 0 Å². The molecule has 1 aromatic carbocycles. The third-order valence-corrected chi connectivity index (χ3v) is 5.39. The molecule has 2 aliphatic rings. The van der Waals surface area contributed by atoms with Crippen LogP contribution in [0.2, 0.25) is 0 Å². The SMILES string of the molecule is Cn1c(=O)[nH]c2ccc(N3CCN(C4CCNCC4)CC3)cc21. The van der Waals surface area contributed by atoms with Crippen molar-refractivity contribution >= 4 is 16.7 Å². The number of benzene rings is 1. The minimum Gasteiger partial charge on any atom is -0.369 e. The summed E-state index contributed by atoms with van der Waals surface area (Å²) in [5.41, 5.74) is 3.06. The van der Waals surface area contributed by atoms with Crippen molar-refractivity contribution in [3.8, 4) is 0 Å². The van der Waals surface area contributed by atoms with Crippen LogP contribution in [0.25, 0.3) is 11.0 Å². The van der Waals surface area contributed by atoms with Crippen LogP contribution in [-0.2, 0) is 7.05 Å². The first-order valence-corrected chi connectivity index (χ1v) is 8.61. The third-order valence-electron chi connectivity index (χ3n) is 5.39. The molecule has 2 saturated heterocycles. The maximum absolute atomic E-state index is 11.7. The summed E-state index contributed by atoms with van der Waals surface area (Å²) in [4.78, 5) is 19.7. The molecule has 6 nitrogen and oxygen atoms in total. The number of nitrogens with one attached hydrogen (secondary N) is 2. The van der Waals surface area contributed by atoms with Gasteiger partial charge in [-0.15, -0.1) is 0 Å². The number of rotatable bonds is 2. The minimum atomic E-state index is -0.0483. The number of piperidine rings is 1. The Morgan fingerprint density at radius 2 is 1.83 bits per heavy atom. The van der Waals surface area contributed by atoms with Gasteiger partial charge in [0.1, 0.15) is 0 Å². The van der Waals surface area contributed by atoms with Crippen molar-refractivity contribution in [3.05, 3.63) is 28.7 Å². The van der Waals surface area contributed by atoms with Crippen LogP contribution < -0.4 is 15.9 Å². The van der Waals surface area contributed by atoms with Gasteiger partial charge >= 0.3 is 5.69 Å². The lowest BCUT2D eigenvalue weighted by Gasteiger charge is -2.41. The van der Waals surface area contributed by atoms with Crippen LogP contribution in [-0.4, -0.2) is 59.8 Å². The first kappa shape index (κ1) is 14.8. The summed E-state index contributed by atoms with van der Waals surface area (Å²) in [6.07, 6.45) is 2.55. The maximum Gasteiger partial charge on any atom is 0.326 e. The molecule has 0 amide bonds. The Hall–Kier alpha value is -1.79. The smallest absolute Gasteiger partial charge is 0.326 e. The number of aromatic nitrogens is 2. The standard InChI is InChI=1S/C17H25N5O/c1-20-16-12-14(2-3-15(16)19-17(20)23)22-10-8-21(9-11-22)13-4-6-18-7-5-13/h2-3,12-13,18H,4-11H2,1H3,(H,19,23). The molecule has 1 aromatic heterocycles. The van der Waals surface area contributed by atoms with Crippen molar-refractivity contribution in [2.75, 3.05) is 44.2 Å². The second-order valence-electron chi connectivity index (χ2n) is 6.69. The van der Waals surface area contributed by atoms with Gasteiger partial charge in [0.25, 0.3) is 0 Å². The number of aryl methyl sites for hydroxylation is 1. The van der Waals surface area contributed by atoms with E-state index in [1.54, 1.807) is 4.57 Å². The summed E-state index contributed by atoms with van der Waals surface area (Å²) in [6, 6.07) is 7.03. The van der Waals surface area contributed by atoms with E-state index in [0.29, 0.717) is 0 Å². The van der Waals surface area contributed by atoms with Gasteiger partial charge in [0.05, 0.1) is 11.0 Å². The van der Waals surface area contributed by atoms with Gasteiger partial charge in [-0.3, -0.25) is 9.47 Å². The van der Waals surface area contributed by atoms with Crippen LogP contribution >= 0.6 is 0 Å². The van der Waals surface area contributed by atoms with Gasteiger partial charge in [-0.05, 0) is 44.1 Å². The van der Waals surface area contributed by atoms with Gasteiger partial charge in [-0.2, -0.15) is 0 Å². The molecule has 0 atom stereocenters. The normalized spacial score (nSPS) is 21.2. The van der Waals surface area contributed by atoms with Gasteiger partial charge in [-0.25, -0.2) is 4.79 Å². The van der Waals surface area contributed by atoms with Gasteiger partial charge in [0.15, 0.2) is 0 Å². The fourth-order valence-corrected chi connectivity index (χ4v) is 3.93. The van der Waals surface area contributed by atoms with E-state index < -0.39 is 0 Å². The molecule has 0 bridgehead atoms. The summed E-state index contributed by atoms with van der Waals surface area (Å²) in [7, 11) is 1.82. The number of aromatic amines is 1. The molecule has 23 heavy (non-hydrogen) atoms. The van der Waals surface area contributed by atoms with Gasteiger partial charge in [-0.1, -0.05) is 0 Å². The predicted octanol–water partition coefficient (Wildman–Crippen LogP) is 0.741. The zero-order valence-corrected chi connectivity index (χ0v) is 13.7. The molecule has 2 aromatic rings. The molecule has 124 valence electrons. The highest BCUT2D eigenvalue weighted by molar-refractivity contribution is 5.79. The monoisotopic (exact) mass is 315 g/mol. The molecule has 0 saturated carbocycles. The molecule has 4 rings (SSSR count). The highest BCUT2D eigenvalue weighted by Gasteiger charge is 2.25. The Labute approximate surface area is 136 Å². The van der Waals surface area contributed by atoms with Gasteiger partial charge in [0, 0.05) is 45.0 Å². The van der Waals surface area contributed by atoms with Gasteiger partial charge < -0.3 is 15.2 Å². The first-order chi connectivity index (χ1) is 11.2. The summed E-state index contributed by atoms with van der Waals surface area (Å²) in [5, 5.41) is 3.44. The summed E-state index contributed by atoms with van der Waals surface area (Å²) < 4.78 is 1.68. The van der Waals surface area contributed by atoms with Crippen LogP contribution in [0.3, 0.4) is 0 Å². The van der Waals surface area contributed by atoms with Gasteiger partial charge in [0.2, 0.25) is 0 Å². The Balaban J connectivity index is 1.47. The van der Waals surface area contributed by atoms with Crippen molar-refractivity contribution in [2.45, 2.75) is 18.9 Å². The van der Waals surface area contributed by atoms with E-state index in [1.807, 2.05) is 13.1 Å². The van der Waals surface area contributed by atoms with Crippen molar-refractivity contribution in [1.82, 2.24) is 19.8 Å². The van der Waals surface area contributed by atoms with Crippen LogP contribution in [0.5, 0.6) is 0 Å². The van der Waals surface area contributed by atoms with Crippen LogP contribution in [0.15, 0.2) is 23.0 Å². The highest BCUT2D eigenvalue weighted by Crippen LogP contribution is 2.23. The number of hydrogen-bond acceptors (Lipinski definition) is 4. The molecular weight excluding hydrogens is 290 g/mol. The molecular formula is C17H25N5O. The Bertz CT molecular complexity index is 735. The van der Waals surface area contributed by atoms with Crippen LogP contribution in [0.1, 0.15) is 12.8 Å². The Kier molecular flexibility index (Phi) is 3.87. The fraction of sp³-hybridized carbons (Fsp3) is 0.588. The Morgan fingerprint density at radius 1 is 1.09 bits per heavy atom. The van der Waals surface area contributed by atoms with E-state index in [2.05, 4.69) is 32.2 Å². The molecule has 3 heterocycles. The second-order valence-corrected chi connectivity index (χ2v) is 6.69. The van der Waals surface area contributed by atoms with E-state index in [-0.39, 0.29) is 5.69 Å². The predicted molar refractivity (Wildman–Crippen MR) is 93.2 cm³/mol. The average Bonchev–Trinajstić information content (AvgIpc) is 2.90. The van der Waals surface area contributed by atoms with E-state index in [4.69, 9.17) is 0 Å². The van der Waals surface area contributed by atoms with E-state index in [9.17, 15) is 4.79 Å². The molecule has 2 fully saturated rings. The summed E-state index contributed by atoms with van der Waals surface area (Å²) in [6.45, 7) is 6.71. The lowest BCUT2D eigenvalue weighted by atomic mass is 10.0. The average molecular weight is 315 g/mol. The number of imidazole rings is 1. The number of fused-ring (bicyclic) bond motifs is 1. The number of nitrogens with zero attached hydrogens (tertiary/aromatic N) is 3. The molecule has 0 spiro atoms. The largest absolute Gasteiger partial charge is 0.369 e. The van der Waals surface area contributed by atoms with Crippen molar-refractivity contribution in [2.24, 2.45) is 7.05 Å². The van der Waals surface area contributed by atoms with Crippen molar-refractivity contribution in [1.29, 1.82) is 0 Å². The lowest BCUT2D eigenvalue weighted by molar-refractivity contribution is 0.153. The van der Waals surface area contributed by atoms with Crippen molar-refractivity contribution < 1.29 is 0 Å². The topological polar surface area (TPSA) is 56.3 Å². The molecule has 0 radical (unpaired) electrons. The molecule has 0 unspecified atom stereocenters. The fourth-order valence-electron chi connectivity index (χ4n) is 3.93. The van der Waals surface area contributed by atoms with Crippen LogP contribution in [0, 0.1) is 0 Å². The molecule has 6 heteroatoms. The first-order valence-electron chi connectivity index (χ1n) is 8.61. The van der Waals surface area contributed by atoms with E-state index >= 15 is 0 Å². The van der Waals surface area contributed by atoms with E-state index in [1.165, 1.54) is 18.5 Å².